The van der Waals surface area contributed by atoms with Crippen molar-refractivity contribution in [3.63, 3.8) is 0 Å². The van der Waals surface area contributed by atoms with Gasteiger partial charge in [0, 0.05) is 30.9 Å². The van der Waals surface area contributed by atoms with Crippen molar-refractivity contribution in [2.75, 3.05) is 23.3 Å². The van der Waals surface area contributed by atoms with Crippen LogP contribution in [0.4, 0.5) is 11.5 Å². The highest BCUT2D eigenvalue weighted by molar-refractivity contribution is 5.89. The summed E-state index contributed by atoms with van der Waals surface area (Å²) in [5.41, 5.74) is 6.73. The minimum atomic E-state index is -0.843. The van der Waals surface area contributed by atoms with Gasteiger partial charge in [-0.3, -0.25) is 4.79 Å². The molecule has 2 aromatic heterocycles. The molecule has 1 unspecified atom stereocenters. The zero-order valence-corrected chi connectivity index (χ0v) is 15.4. The summed E-state index contributed by atoms with van der Waals surface area (Å²) in [6, 6.07) is 11.7. The summed E-state index contributed by atoms with van der Waals surface area (Å²) < 4.78 is 0. The zero-order chi connectivity index (χ0) is 18.9. The monoisotopic (exact) mass is 364 g/mol. The van der Waals surface area contributed by atoms with Crippen LogP contribution in [-0.4, -0.2) is 39.5 Å². The van der Waals surface area contributed by atoms with Gasteiger partial charge in [0.2, 0.25) is 5.91 Å². The number of nitrogens with one attached hydrogen (secondary N) is 2. The maximum absolute atomic E-state index is 12.4. The number of para-hydroxylation sites is 1. The molecule has 2 atom stereocenters. The number of rotatable bonds is 5. The molecule has 0 radical (unpaired) electrons. The number of nitrogens with zero attached hydrogens (tertiary/aromatic N) is 3. The van der Waals surface area contributed by atoms with E-state index in [2.05, 4.69) is 25.2 Å². The largest absolute Gasteiger partial charge is 0.371 e. The fourth-order valence-electron chi connectivity index (χ4n) is 3.94. The van der Waals surface area contributed by atoms with Crippen molar-refractivity contribution in [2.45, 2.75) is 25.3 Å². The summed E-state index contributed by atoms with van der Waals surface area (Å²) >= 11 is 0. The van der Waals surface area contributed by atoms with Crippen molar-refractivity contribution in [2.24, 2.45) is 11.7 Å². The van der Waals surface area contributed by atoms with Crippen LogP contribution in [0.2, 0.25) is 0 Å². The van der Waals surface area contributed by atoms with E-state index in [0.29, 0.717) is 6.54 Å². The average Bonchev–Trinajstić information content (AvgIpc) is 3.17. The van der Waals surface area contributed by atoms with Crippen LogP contribution >= 0.6 is 0 Å². The third-order valence-electron chi connectivity index (χ3n) is 5.56. The maximum Gasteiger partial charge on any atom is 0.243 e. The number of hydrogen-bond donors (Lipinski definition) is 3. The SMILES string of the molecule is CC(Nc1ccccc1)(C(N)=O)[C@@H]1CCCN(c2ncnc3[nH]ccc23)C1. The summed E-state index contributed by atoms with van der Waals surface area (Å²) in [7, 11) is 0. The summed E-state index contributed by atoms with van der Waals surface area (Å²) in [5.74, 6) is 0.623. The number of carbonyl (C=O) groups excluding carboxylic acids is 1. The molecular formula is C20H24N6O. The Morgan fingerprint density at radius 1 is 1.30 bits per heavy atom. The molecule has 0 saturated carbocycles. The Labute approximate surface area is 158 Å². The van der Waals surface area contributed by atoms with E-state index in [-0.39, 0.29) is 11.8 Å². The molecule has 0 aliphatic carbocycles. The van der Waals surface area contributed by atoms with Crippen molar-refractivity contribution in [3.05, 3.63) is 48.9 Å². The van der Waals surface area contributed by atoms with Crippen molar-refractivity contribution < 1.29 is 4.79 Å². The van der Waals surface area contributed by atoms with E-state index in [9.17, 15) is 4.79 Å². The Morgan fingerprint density at radius 2 is 2.11 bits per heavy atom. The number of nitrogens with two attached hydrogens (primary N) is 1. The first-order valence-corrected chi connectivity index (χ1v) is 9.24. The van der Waals surface area contributed by atoms with Gasteiger partial charge in [-0.05, 0) is 38.0 Å². The van der Waals surface area contributed by atoms with Gasteiger partial charge < -0.3 is 20.9 Å². The Bertz CT molecular complexity index is 940. The standard InChI is InChI=1S/C20H24N6O/c1-20(19(21)27,25-15-7-3-2-4-8-15)14-6-5-11-26(12-14)18-16-9-10-22-17(16)23-13-24-18/h2-4,7-10,13-14,25H,5-6,11-12H2,1H3,(H2,21,27)(H,22,23,24)/t14-,20?/m1/s1. The Balaban J connectivity index is 1.62. The fraction of sp³-hybridized carbons (Fsp3) is 0.350. The normalized spacial score (nSPS) is 19.6. The summed E-state index contributed by atoms with van der Waals surface area (Å²) in [4.78, 5) is 26.6. The number of fused-ring (bicyclic) bond motifs is 1. The van der Waals surface area contributed by atoms with E-state index in [4.69, 9.17) is 5.73 Å². The van der Waals surface area contributed by atoms with Crippen molar-refractivity contribution >= 4 is 28.4 Å². The molecule has 1 aromatic carbocycles. The quantitative estimate of drug-likeness (QED) is 0.646. The summed E-state index contributed by atoms with van der Waals surface area (Å²) in [5, 5.41) is 4.38. The molecule has 1 fully saturated rings. The average molecular weight is 364 g/mol. The molecule has 1 aliphatic heterocycles. The van der Waals surface area contributed by atoms with Gasteiger partial charge in [-0.15, -0.1) is 0 Å². The van der Waals surface area contributed by atoms with Crippen LogP contribution < -0.4 is 16.0 Å². The Hall–Kier alpha value is -3.09. The molecule has 7 heteroatoms. The number of anilines is 2. The molecule has 0 spiro atoms. The lowest BCUT2D eigenvalue weighted by Crippen LogP contribution is -2.58. The van der Waals surface area contributed by atoms with E-state index >= 15 is 0 Å². The molecule has 3 heterocycles. The number of amides is 1. The summed E-state index contributed by atoms with van der Waals surface area (Å²) in [6.07, 6.45) is 5.35. The number of aromatic nitrogens is 3. The van der Waals surface area contributed by atoms with Crippen LogP contribution in [0.25, 0.3) is 11.0 Å². The molecular weight excluding hydrogens is 340 g/mol. The van der Waals surface area contributed by atoms with Gasteiger partial charge >= 0.3 is 0 Å². The van der Waals surface area contributed by atoms with E-state index in [1.54, 1.807) is 6.33 Å². The number of piperidine rings is 1. The second-order valence-electron chi connectivity index (χ2n) is 7.28. The number of primary amides is 1. The van der Waals surface area contributed by atoms with Gasteiger partial charge in [0.25, 0.3) is 0 Å². The van der Waals surface area contributed by atoms with Gasteiger partial charge in [0.1, 0.15) is 23.3 Å². The molecule has 140 valence electrons. The van der Waals surface area contributed by atoms with E-state index < -0.39 is 5.54 Å². The highest BCUT2D eigenvalue weighted by Crippen LogP contribution is 2.33. The molecule has 4 rings (SSSR count). The van der Waals surface area contributed by atoms with E-state index in [0.717, 1.165) is 41.9 Å². The zero-order valence-electron chi connectivity index (χ0n) is 15.4. The van der Waals surface area contributed by atoms with Crippen LogP contribution in [0, 0.1) is 5.92 Å². The van der Waals surface area contributed by atoms with Gasteiger partial charge in [0.05, 0.1) is 5.39 Å². The highest BCUT2D eigenvalue weighted by Gasteiger charge is 2.42. The smallest absolute Gasteiger partial charge is 0.243 e. The van der Waals surface area contributed by atoms with Crippen LogP contribution in [0.3, 0.4) is 0 Å². The van der Waals surface area contributed by atoms with Crippen molar-refractivity contribution in [1.82, 2.24) is 15.0 Å². The van der Waals surface area contributed by atoms with Crippen LogP contribution in [0.5, 0.6) is 0 Å². The number of hydrogen-bond acceptors (Lipinski definition) is 5. The summed E-state index contributed by atoms with van der Waals surface area (Å²) in [6.45, 7) is 3.51. The number of H-pyrrole nitrogens is 1. The third-order valence-corrected chi connectivity index (χ3v) is 5.56. The predicted molar refractivity (Wildman–Crippen MR) is 106 cm³/mol. The van der Waals surface area contributed by atoms with E-state index in [1.165, 1.54) is 0 Å². The molecule has 1 saturated heterocycles. The fourth-order valence-corrected chi connectivity index (χ4v) is 3.94. The number of carbonyl (C=O) groups is 1. The van der Waals surface area contributed by atoms with Gasteiger partial charge in [-0.1, -0.05) is 18.2 Å². The van der Waals surface area contributed by atoms with Crippen molar-refractivity contribution in [1.29, 1.82) is 0 Å². The highest BCUT2D eigenvalue weighted by atomic mass is 16.1. The first-order chi connectivity index (χ1) is 13.1. The molecule has 1 aliphatic rings. The third kappa shape index (κ3) is 3.20. The second kappa shape index (κ2) is 6.90. The first kappa shape index (κ1) is 17.3. The van der Waals surface area contributed by atoms with Crippen LogP contribution in [0.1, 0.15) is 19.8 Å². The Kier molecular flexibility index (Phi) is 4.43. The van der Waals surface area contributed by atoms with Gasteiger partial charge in [-0.2, -0.15) is 0 Å². The number of aromatic amines is 1. The van der Waals surface area contributed by atoms with Crippen LogP contribution in [-0.2, 0) is 4.79 Å². The molecule has 4 N–H and O–H groups in total. The first-order valence-electron chi connectivity index (χ1n) is 9.24. The minimum Gasteiger partial charge on any atom is -0.371 e. The molecule has 27 heavy (non-hydrogen) atoms. The van der Waals surface area contributed by atoms with E-state index in [1.807, 2.05) is 49.5 Å². The molecule has 0 bridgehead atoms. The lowest BCUT2D eigenvalue weighted by atomic mass is 9.79. The second-order valence-corrected chi connectivity index (χ2v) is 7.28. The predicted octanol–water partition coefficient (Wildman–Crippen LogP) is 2.53. The molecule has 3 aromatic rings. The van der Waals surface area contributed by atoms with Crippen LogP contribution in [0.15, 0.2) is 48.9 Å². The van der Waals surface area contributed by atoms with Gasteiger partial charge in [0.15, 0.2) is 0 Å². The lowest BCUT2D eigenvalue weighted by Gasteiger charge is -2.43. The van der Waals surface area contributed by atoms with Crippen molar-refractivity contribution in [3.8, 4) is 0 Å². The maximum atomic E-state index is 12.4. The minimum absolute atomic E-state index is 0.0629. The number of benzene rings is 1. The van der Waals surface area contributed by atoms with Gasteiger partial charge in [-0.25, -0.2) is 9.97 Å². The topological polar surface area (TPSA) is 99.9 Å². The molecule has 7 nitrogen and oxygen atoms in total. The lowest BCUT2D eigenvalue weighted by molar-refractivity contribution is -0.123. The molecule has 1 amide bonds. The Morgan fingerprint density at radius 3 is 2.89 bits per heavy atom.